The summed E-state index contributed by atoms with van der Waals surface area (Å²) in [4.78, 5) is 0. The molecule has 2 aliphatic rings. The largest absolute Gasteiger partial charge is 0.0917 e. The van der Waals surface area contributed by atoms with Crippen molar-refractivity contribution in [3.63, 3.8) is 0 Å². The second kappa shape index (κ2) is 5.31. The smallest absolute Gasteiger partial charge is 0.0168 e. The molecule has 1 aliphatic carbocycles. The second-order valence-electron chi connectivity index (χ2n) is 4.86. The zero-order chi connectivity index (χ0) is 9.80. The zero-order valence-electron chi connectivity index (χ0n) is 9.39. The van der Waals surface area contributed by atoms with Gasteiger partial charge >= 0.3 is 0 Å². The molecule has 0 amide bonds. The minimum absolute atomic E-state index is 1.09. The maximum Gasteiger partial charge on any atom is -0.0168 e. The minimum Gasteiger partial charge on any atom is -0.0917 e. The van der Waals surface area contributed by atoms with Crippen LogP contribution in [0.2, 0.25) is 0 Å². The fraction of sp³-hybridized carbons (Fsp3) is 0.846. The average Bonchev–Trinajstić information content (AvgIpc) is 2.65. The van der Waals surface area contributed by atoms with Gasteiger partial charge in [0.25, 0.3) is 0 Å². The predicted octanol–water partition coefficient (Wildman–Crippen LogP) is 4.70. The first-order valence-corrected chi connectivity index (χ1v) is 7.43. The number of unbranched alkanes of at least 4 members (excludes halogenated alkanes) is 2. The van der Waals surface area contributed by atoms with Gasteiger partial charge in [0.2, 0.25) is 0 Å². The van der Waals surface area contributed by atoms with Gasteiger partial charge in [-0.25, -0.2) is 0 Å². The minimum atomic E-state index is 1.09. The Morgan fingerprint density at radius 2 is 2.29 bits per heavy atom. The molecular formula is C13H23P. The fourth-order valence-electron chi connectivity index (χ4n) is 2.84. The van der Waals surface area contributed by atoms with Gasteiger partial charge in [0, 0.05) is 0 Å². The lowest BCUT2D eigenvalue weighted by molar-refractivity contribution is 0.558. The first-order chi connectivity index (χ1) is 6.90. The molecule has 2 rings (SSSR count). The van der Waals surface area contributed by atoms with Crippen LogP contribution in [0.1, 0.15) is 58.3 Å². The third-order valence-corrected chi connectivity index (χ3v) is 5.70. The Balaban J connectivity index is 1.77. The molecule has 0 aromatic rings. The molecule has 0 nitrogen and oxygen atoms in total. The van der Waals surface area contributed by atoms with E-state index in [1.807, 2.05) is 5.31 Å². The number of allylic oxidation sites excluding steroid dienone is 2. The van der Waals surface area contributed by atoms with Crippen LogP contribution >= 0.6 is 8.58 Å². The summed E-state index contributed by atoms with van der Waals surface area (Å²) in [5, 5.41) is 1.82. The van der Waals surface area contributed by atoms with Crippen molar-refractivity contribution in [2.45, 2.75) is 63.9 Å². The zero-order valence-corrected chi connectivity index (χ0v) is 10.4. The van der Waals surface area contributed by atoms with E-state index in [1.54, 1.807) is 0 Å². The molecule has 14 heavy (non-hydrogen) atoms. The number of fused-ring (bicyclic) bond motifs is 1. The van der Waals surface area contributed by atoms with Gasteiger partial charge in [-0.05, 0) is 43.7 Å². The molecule has 0 aromatic heterocycles. The van der Waals surface area contributed by atoms with E-state index in [9.17, 15) is 0 Å². The van der Waals surface area contributed by atoms with Crippen LogP contribution in [0.5, 0.6) is 0 Å². The number of hydrogen-bond donors (Lipinski definition) is 0. The molecule has 1 heterocycles. The molecule has 1 heteroatoms. The van der Waals surface area contributed by atoms with Crippen LogP contribution in [-0.4, -0.2) is 5.66 Å². The SMILES string of the molecule is CCCCCC1=CCC2CCCC2P1. The molecule has 0 saturated heterocycles. The third kappa shape index (κ3) is 2.60. The van der Waals surface area contributed by atoms with E-state index >= 15 is 0 Å². The second-order valence-corrected chi connectivity index (χ2v) is 6.54. The normalized spacial score (nSPS) is 33.1. The molecule has 3 atom stereocenters. The van der Waals surface area contributed by atoms with Crippen LogP contribution in [0.15, 0.2) is 11.4 Å². The van der Waals surface area contributed by atoms with Gasteiger partial charge in [0.15, 0.2) is 0 Å². The molecule has 0 radical (unpaired) electrons. The lowest BCUT2D eigenvalue weighted by Crippen LogP contribution is -2.11. The van der Waals surface area contributed by atoms with Crippen molar-refractivity contribution in [1.29, 1.82) is 0 Å². The highest BCUT2D eigenvalue weighted by molar-refractivity contribution is 7.44. The lowest BCUT2D eigenvalue weighted by Gasteiger charge is -2.25. The van der Waals surface area contributed by atoms with Crippen LogP contribution in [0.3, 0.4) is 0 Å². The lowest BCUT2D eigenvalue weighted by atomic mass is 10.0. The van der Waals surface area contributed by atoms with E-state index < -0.39 is 0 Å². The van der Waals surface area contributed by atoms with Crippen molar-refractivity contribution >= 4 is 8.58 Å². The van der Waals surface area contributed by atoms with Gasteiger partial charge in [-0.15, -0.1) is 0 Å². The topological polar surface area (TPSA) is 0 Å². The van der Waals surface area contributed by atoms with Crippen LogP contribution in [0, 0.1) is 5.92 Å². The van der Waals surface area contributed by atoms with Crippen molar-refractivity contribution in [2.24, 2.45) is 5.92 Å². The quantitative estimate of drug-likeness (QED) is 0.466. The highest BCUT2D eigenvalue weighted by atomic mass is 31.1. The molecule has 1 aliphatic heterocycles. The maximum absolute atomic E-state index is 2.58. The molecule has 0 spiro atoms. The highest BCUT2D eigenvalue weighted by Crippen LogP contribution is 2.49. The summed E-state index contributed by atoms with van der Waals surface area (Å²) in [6.07, 6.45) is 14.2. The summed E-state index contributed by atoms with van der Waals surface area (Å²) in [6.45, 7) is 2.30. The first kappa shape index (κ1) is 10.7. The van der Waals surface area contributed by atoms with E-state index in [1.165, 1.54) is 59.9 Å². The summed E-state index contributed by atoms with van der Waals surface area (Å²) in [5.74, 6) is 1.09. The van der Waals surface area contributed by atoms with Crippen molar-refractivity contribution in [2.75, 3.05) is 0 Å². The van der Waals surface area contributed by atoms with E-state index in [-0.39, 0.29) is 0 Å². The van der Waals surface area contributed by atoms with Crippen LogP contribution < -0.4 is 0 Å². The first-order valence-electron chi connectivity index (χ1n) is 6.35. The molecule has 1 saturated carbocycles. The Hall–Kier alpha value is 0.170. The van der Waals surface area contributed by atoms with Gasteiger partial charge < -0.3 is 0 Å². The van der Waals surface area contributed by atoms with E-state index in [2.05, 4.69) is 13.0 Å². The Labute approximate surface area is 90.3 Å². The Morgan fingerprint density at radius 1 is 1.36 bits per heavy atom. The van der Waals surface area contributed by atoms with Gasteiger partial charge in [0.05, 0.1) is 0 Å². The fourth-order valence-corrected chi connectivity index (χ4v) is 4.76. The number of rotatable bonds is 4. The van der Waals surface area contributed by atoms with Crippen LogP contribution in [0.4, 0.5) is 0 Å². The molecular weight excluding hydrogens is 187 g/mol. The molecule has 0 bridgehead atoms. The highest BCUT2D eigenvalue weighted by Gasteiger charge is 2.29. The van der Waals surface area contributed by atoms with Gasteiger partial charge in [-0.2, -0.15) is 0 Å². The standard InChI is InChI=1S/C13H23P/c1-2-3-4-7-12-10-9-11-6-5-8-13(11)14-12/h10-11,13-14H,2-9H2,1H3. The summed E-state index contributed by atoms with van der Waals surface area (Å²) in [5.41, 5.74) is 1.11. The number of hydrogen-bond acceptors (Lipinski definition) is 0. The Morgan fingerprint density at radius 3 is 3.14 bits per heavy atom. The molecule has 0 N–H and O–H groups in total. The molecule has 1 fully saturated rings. The van der Waals surface area contributed by atoms with Crippen LogP contribution in [0.25, 0.3) is 0 Å². The predicted molar refractivity (Wildman–Crippen MR) is 66.3 cm³/mol. The molecule has 80 valence electrons. The van der Waals surface area contributed by atoms with E-state index in [0.717, 1.165) is 11.6 Å². The maximum atomic E-state index is 2.58. The molecule has 0 aromatic carbocycles. The summed E-state index contributed by atoms with van der Waals surface area (Å²) < 4.78 is 0. The van der Waals surface area contributed by atoms with Gasteiger partial charge in [-0.1, -0.05) is 46.2 Å². The van der Waals surface area contributed by atoms with Crippen LogP contribution in [-0.2, 0) is 0 Å². The van der Waals surface area contributed by atoms with Crippen molar-refractivity contribution in [1.82, 2.24) is 0 Å². The van der Waals surface area contributed by atoms with E-state index in [4.69, 9.17) is 0 Å². The third-order valence-electron chi connectivity index (χ3n) is 3.75. The summed E-state index contributed by atoms with van der Waals surface area (Å²) in [6, 6.07) is 0. The monoisotopic (exact) mass is 210 g/mol. The van der Waals surface area contributed by atoms with Gasteiger partial charge in [0.1, 0.15) is 0 Å². The summed E-state index contributed by atoms with van der Waals surface area (Å²) >= 11 is 0. The van der Waals surface area contributed by atoms with Crippen molar-refractivity contribution < 1.29 is 0 Å². The Kier molecular flexibility index (Phi) is 4.05. The van der Waals surface area contributed by atoms with Crippen molar-refractivity contribution in [3.05, 3.63) is 11.4 Å². The van der Waals surface area contributed by atoms with Gasteiger partial charge in [-0.3, -0.25) is 0 Å². The van der Waals surface area contributed by atoms with Crippen molar-refractivity contribution in [3.8, 4) is 0 Å². The molecule has 3 unspecified atom stereocenters. The average molecular weight is 210 g/mol. The van der Waals surface area contributed by atoms with E-state index in [0.29, 0.717) is 0 Å². The Bertz CT molecular complexity index is 207. The summed E-state index contributed by atoms with van der Waals surface area (Å²) in [7, 11) is 1.20.